The maximum absolute atomic E-state index is 4.72. The van der Waals surface area contributed by atoms with E-state index >= 15 is 0 Å². The number of anilines is 1. The monoisotopic (exact) mass is 380 g/mol. The van der Waals surface area contributed by atoms with Gasteiger partial charge >= 0.3 is 0 Å². The van der Waals surface area contributed by atoms with Crippen molar-refractivity contribution in [3.05, 3.63) is 67.0 Å². The van der Waals surface area contributed by atoms with Crippen LogP contribution in [-0.4, -0.2) is 42.6 Å². The molecular formula is C21H16N8. The summed E-state index contributed by atoms with van der Waals surface area (Å²) in [6, 6.07) is 18.1. The molecule has 0 aliphatic carbocycles. The minimum absolute atomic E-state index is 0.642. The van der Waals surface area contributed by atoms with E-state index in [0.717, 1.165) is 39.0 Å². The van der Waals surface area contributed by atoms with Crippen LogP contribution in [0.15, 0.2) is 67.0 Å². The average molecular weight is 380 g/mol. The van der Waals surface area contributed by atoms with Gasteiger partial charge in [0, 0.05) is 36.0 Å². The molecule has 3 aromatic heterocycles. The van der Waals surface area contributed by atoms with Crippen molar-refractivity contribution in [1.82, 2.24) is 35.6 Å². The normalized spacial score (nSPS) is 10.9. The number of nitrogens with one attached hydrogen (secondary N) is 2. The Kier molecular flexibility index (Phi) is 4.14. The number of aromatic nitrogens is 7. The van der Waals surface area contributed by atoms with Gasteiger partial charge in [-0.25, -0.2) is 15.1 Å². The molecule has 5 aromatic rings. The summed E-state index contributed by atoms with van der Waals surface area (Å²) in [7, 11) is 1.86. The van der Waals surface area contributed by atoms with E-state index in [1.807, 2.05) is 49.5 Å². The van der Waals surface area contributed by atoms with Crippen LogP contribution in [0.1, 0.15) is 0 Å². The molecule has 5 rings (SSSR count). The molecule has 0 unspecified atom stereocenters. The highest BCUT2D eigenvalue weighted by Gasteiger charge is 2.11. The van der Waals surface area contributed by atoms with Crippen molar-refractivity contribution < 1.29 is 0 Å². The van der Waals surface area contributed by atoms with E-state index in [0.29, 0.717) is 11.6 Å². The van der Waals surface area contributed by atoms with Crippen LogP contribution < -0.4 is 5.32 Å². The van der Waals surface area contributed by atoms with Crippen LogP contribution in [0.5, 0.6) is 0 Å². The number of hydrogen-bond acceptors (Lipinski definition) is 7. The van der Waals surface area contributed by atoms with Crippen LogP contribution in [0.25, 0.3) is 44.8 Å². The Labute approximate surface area is 166 Å². The van der Waals surface area contributed by atoms with Crippen LogP contribution in [0.3, 0.4) is 0 Å². The maximum atomic E-state index is 4.72. The summed E-state index contributed by atoms with van der Waals surface area (Å²) >= 11 is 0. The highest BCUT2D eigenvalue weighted by Crippen LogP contribution is 2.30. The third-order valence-corrected chi connectivity index (χ3v) is 4.69. The highest BCUT2D eigenvalue weighted by atomic mass is 15.5. The number of fused-ring (bicyclic) bond motifs is 1. The number of nitrogens with zero attached hydrogens (tertiary/aromatic N) is 6. The summed E-state index contributed by atoms with van der Waals surface area (Å²) in [5.74, 6) is 2.07. The molecule has 29 heavy (non-hydrogen) atoms. The lowest BCUT2D eigenvalue weighted by atomic mass is 10.0. The van der Waals surface area contributed by atoms with Gasteiger partial charge in [0.2, 0.25) is 0 Å². The van der Waals surface area contributed by atoms with Crippen LogP contribution in [0.4, 0.5) is 5.82 Å². The lowest BCUT2D eigenvalue weighted by Gasteiger charge is -2.10. The fourth-order valence-corrected chi connectivity index (χ4v) is 3.22. The molecule has 2 N–H and O–H groups in total. The van der Waals surface area contributed by atoms with E-state index < -0.39 is 0 Å². The fraction of sp³-hybridized carbons (Fsp3) is 0.0476. The van der Waals surface area contributed by atoms with Crippen molar-refractivity contribution in [2.45, 2.75) is 0 Å². The zero-order chi connectivity index (χ0) is 19.6. The predicted molar refractivity (Wildman–Crippen MR) is 111 cm³/mol. The summed E-state index contributed by atoms with van der Waals surface area (Å²) in [5.41, 5.74) is 4.85. The number of pyridine rings is 1. The van der Waals surface area contributed by atoms with Gasteiger partial charge in [-0.3, -0.25) is 4.98 Å². The Morgan fingerprint density at radius 2 is 1.69 bits per heavy atom. The lowest BCUT2D eigenvalue weighted by molar-refractivity contribution is 0.881. The first kappa shape index (κ1) is 16.9. The molecule has 8 nitrogen and oxygen atoms in total. The summed E-state index contributed by atoms with van der Waals surface area (Å²) in [6.07, 6.45) is 3.50. The smallest absolute Gasteiger partial charge is 0.179 e. The molecular weight excluding hydrogens is 364 g/mol. The largest absolute Gasteiger partial charge is 0.373 e. The fourth-order valence-electron chi connectivity index (χ4n) is 3.22. The Bertz CT molecular complexity index is 1270. The van der Waals surface area contributed by atoms with Crippen molar-refractivity contribution in [3.8, 4) is 33.9 Å². The molecule has 8 heteroatoms. The first-order valence-electron chi connectivity index (χ1n) is 9.06. The Balaban J connectivity index is 1.56. The Morgan fingerprint density at radius 3 is 2.41 bits per heavy atom. The van der Waals surface area contributed by atoms with Gasteiger partial charge in [-0.1, -0.05) is 30.3 Å². The molecule has 0 radical (unpaired) electrons. The number of benzene rings is 2. The Morgan fingerprint density at radius 1 is 0.862 bits per heavy atom. The quantitative estimate of drug-likeness (QED) is 0.491. The van der Waals surface area contributed by atoms with Crippen molar-refractivity contribution in [1.29, 1.82) is 0 Å². The third kappa shape index (κ3) is 3.16. The molecule has 140 valence electrons. The van der Waals surface area contributed by atoms with E-state index in [1.165, 1.54) is 0 Å². The van der Waals surface area contributed by atoms with Crippen LogP contribution >= 0.6 is 0 Å². The van der Waals surface area contributed by atoms with Crippen LogP contribution in [-0.2, 0) is 0 Å². The van der Waals surface area contributed by atoms with Gasteiger partial charge in [0.1, 0.15) is 5.82 Å². The lowest BCUT2D eigenvalue weighted by Crippen LogP contribution is -1.99. The first-order chi connectivity index (χ1) is 14.3. The summed E-state index contributed by atoms with van der Waals surface area (Å²) < 4.78 is 0. The standard InChI is InChI=1S/C21H16N8/c1-22-21-17-11-15(13-4-6-14(7-5-13)20-26-28-29-27-20)8-9-18(17)24-19(25-21)16-3-2-10-23-12-16/h2-12H,1H3,(H,22,24,25)(H,26,27,28,29). The molecule has 0 aliphatic heterocycles. The summed E-state index contributed by atoms with van der Waals surface area (Å²) in [6.45, 7) is 0. The molecule has 0 saturated carbocycles. The van der Waals surface area contributed by atoms with Crippen molar-refractivity contribution in [2.75, 3.05) is 12.4 Å². The molecule has 0 atom stereocenters. The van der Waals surface area contributed by atoms with Gasteiger partial charge in [0.25, 0.3) is 0 Å². The van der Waals surface area contributed by atoms with E-state index in [1.54, 1.807) is 12.4 Å². The van der Waals surface area contributed by atoms with Crippen molar-refractivity contribution in [2.24, 2.45) is 0 Å². The Hall–Kier alpha value is -4.20. The van der Waals surface area contributed by atoms with Gasteiger partial charge in [0.05, 0.1) is 5.52 Å². The van der Waals surface area contributed by atoms with Crippen molar-refractivity contribution in [3.63, 3.8) is 0 Å². The number of rotatable bonds is 4. The molecule has 3 heterocycles. The second-order valence-electron chi connectivity index (χ2n) is 6.45. The van der Waals surface area contributed by atoms with E-state index in [4.69, 9.17) is 4.98 Å². The van der Waals surface area contributed by atoms with Crippen LogP contribution in [0, 0.1) is 0 Å². The molecule has 0 aliphatic rings. The molecule has 0 bridgehead atoms. The second-order valence-corrected chi connectivity index (χ2v) is 6.45. The number of H-pyrrole nitrogens is 1. The number of aromatic amines is 1. The SMILES string of the molecule is CNc1nc(-c2cccnc2)nc2ccc(-c3ccc(-c4nnn[nH]4)cc3)cc12. The van der Waals surface area contributed by atoms with E-state index in [2.05, 4.69) is 48.0 Å². The molecule has 0 spiro atoms. The highest BCUT2D eigenvalue weighted by molar-refractivity contribution is 5.94. The number of tetrazole rings is 1. The summed E-state index contributed by atoms with van der Waals surface area (Å²) in [5, 5.41) is 18.1. The maximum Gasteiger partial charge on any atom is 0.179 e. The number of hydrogen-bond donors (Lipinski definition) is 2. The minimum atomic E-state index is 0.642. The zero-order valence-electron chi connectivity index (χ0n) is 15.5. The third-order valence-electron chi connectivity index (χ3n) is 4.69. The van der Waals surface area contributed by atoms with E-state index in [9.17, 15) is 0 Å². The predicted octanol–water partition coefficient (Wildman–Crippen LogP) is 3.58. The topological polar surface area (TPSA) is 105 Å². The van der Waals surface area contributed by atoms with E-state index in [-0.39, 0.29) is 0 Å². The molecule has 0 fully saturated rings. The molecule has 0 amide bonds. The molecule has 0 saturated heterocycles. The molecule has 2 aromatic carbocycles. The zero-order valence-corrected chi connectivity index (χ0v) is 15.5. The van der Waals surface area contributed by atoms with Gasteiger partial charge in [-0.05, 0) is 45.8 Å². The first-order valence-corrected chi connectivity index (χ1v) is 9.06. The van der Waals surface area contributed by atoms with Gasteiger partial charge in [-0.15, -0.1) is 5.10 Å². The van der Waals surface area contributed by atoms with Crippen LogP contribution in [0.2, 0.25) is 0 Å². The van der Waals surface area contributed by atoms with Gasteiger partial charge in [0.15, 0.2) is 11.6 Å². The van der Waals surface area contributed by atoms with Crippen molar-refractivity contribution >= 4 is 16.7 Å². The minimum Gasteiger partial charge on any atom is -0.373 e. The average Bonchev–Trinajstić information content (AvgIpc) is 3.34. The second kappa shape index (κ2) is 7.08. The van der Waals surface area contributed by atoms with Gasteiger partial charge in [-0.2, -0.15) is 0 Å². The van der Waals surface area contributed by atoms with Gasteiger partial charge < -0.3 is 5.32 Å². The summed E-state index contributed by atoms with van der Waals surface area (Å²) in [4.78, 5) is 13.6.